The topological polar surface area (TPSA) is 73.5 Å². The van der Waals surface area contributed by atoms with E-state index in [1.165, 1.54) is 12.1 Å². The highest BCUT2D eigenvalue weighted by molar-refractivity contribution is 5.89. The molecule has 10 heteroatoms. The number of para-hydroxylation sites is 2. The lowest BCUT2D eigenvalue weighted by Gasteiger charge is -2.38. The highest BCUT2D eigenvalue weighted by Gasteiger charge is 2.31. The van der Waals surface area contributed by atoms with E-state index in [1.54, 1.807) is 7.11 Å². The Labute approximate surface area is 243 Å². The minimum absolute atomic E-state index is 0.0258. The number of rotatable bonds is 8. The molecular weight excluding hydrogens is 543 g/mol. The molecule has 5 rings (SSSR count). The van der Waals surface area contributed by atoms with Crippen LogP contribution in [0.1, 0.15) is 35.4 Å². The molecular formula is C32H34F3N5O2. The van der Waals surface area contributed by atoms with Crippen molar-refractivity contribution in [1.29, 1.82) is 0 Å². The maximum atomic E-state index is 13.5. The van der Waals surface area contributed by atoms with Gasteiger partial charge in [-0.2, -0.15) is 13.2 Å². The molecule has 1 fully saturated rings. The number of likely N-dealkylation sites (tertiary alicyclic amines) is 1. The molecule has 0 radical (unpaired) electrons. The average molecular weight is 578 g/mol. The predicted octanol–water partition coefficient (Wildman–Crippen LogP) is 7.11. The van der Waals surface area contributed by atoms with E-state index in [1.807, 2.05) is 66.4 Å². The number of amides is 2. The zero-order chi connectivity index (χ0) is 29.7. The van der Waals surface area contributed by atoms with Crippen LogP contribution in [0, 0.1) is 6.92 Å². The molecule has 0 spiro atoms. The Balaban J connectivity index is 1.25. The fraction of sp³-hybridized carbons (Fsp3) is 0.312. The zero-order valence-corrected chi connectivity index (χ0v) is 23.6. The van der Waals surface area contributed by atoms with Crippen molar-refractivity contribution in [2.75, 3.05) is 25.5 Å². The molecule has 2 N–H and O–H groups in total. The highest BCUT2D eigenvalue weighted by Crippen LogP contribution is 2.31. The van der Waals surface area contributed by atoms with Crippen molar-refractivity contribution in [3.63, 3.8) is 0 Å². The lowest BCUT2D eigenvalue weighted by atomic mass is 10.0. The first-order chi connectivity index (χ1) is 20.2. The molecule has 220 valence electrons. The zero-order valence-electron chi connectivity index (χ0n) is 23.6. The number of nitrogens with zero attached hydrogens (tertiary/aromatic N) is 3. The van der Waals surface area contributed by atoms with Crippen LogP contribution in [0.3, 0.4) is 0 Å². The average Bonchev–Trinajstić information content (AvgIpc) is 3.36. The Hall–Kier alpha value is -4.31. The summed E-state index contributed by atoms with van der Waals surface area (Å²) in [5.41, 5.74) is 3.34. The molecule has 2 amide bonds. The number of hydrogen-bond donors (Lipinski definition) is 2. The summed E-state index contributed by atoms with van der Waals surface area (Å²) in [6.07, 6.45) is -2.81. The summed E-state index contributed by atoms with van der Waals surface area (Å²) in [5, 5.41) is 3.04. The van der Waals surface area contributed by atoms with Crippen molar-refractivity contribution >= 4 is 11.7 Å². The summed E-state index contributed by atoms with van der Waals surface area (Å²) in [6, 6.07) is 22.0. The van der Waals surface area contributed by atoms with Gasteiger partial charge in [0.1, 0.15) is 11.6 Å². The second-order valence-electron chi connectivity index (χ2n) is 10.5. The molecule has 0 aliphatic carbocycles. The van der Waals surface area contributed by atoms with Crippen LogP contribution >= 0.6 is 0 Å². The van der Waals surface area contributed by atoms with E-state index in [0.717, 1.165) is 66.5 Å². The van der Waals surface area contributed by atoms with E-state index >= 15 is 0 Å². The van der Waals surface area contributed by atoms with Gasteiger partial charge in [-0.3, -0.25) is 4.90 Å². The van der Waals surface area contributed by atoms with Crippen LogP contribution in [0.4, 0.5) is 23.7 Å². The number of alkyl halides is 3. The Bertz CT molecular complexity index is 1480. The number of nitrogens with one attached hydrogen (secondary N) is 2. The van der Waals surface area contributed by atoms with Crippen molar-refractivity contribution < 1.29 is 22.7 Å². The van der Waals surface area contributed by atoms with E-state index in [2.05, 4.69) is 15.2 Å². The van der Waals surface area contributed by atoms with Crippen molar-refractivity contribution in [3.8, 4) is 17.1 Å². The van der Waals surface area contributed by atoms with Gasteiger partial charge in [-0.15, -0.1) is 0 Å². The molecule has 1 aromatic heterocycles. The van der Waals surface area contributed by atoms with Crippen LogP contribution in [0.25, 0.3) is 11.4 Å². The number of H-pyrrole nitrogens is 1. The number of aryl methyl sites for hydroxylation is 1. The summed E-state index contributed by atoms with van der Waals surface area (Å²) in [5.74, 6) is 1.29. The number of ether oxygens (including phenoxy) is 1. The van der Waals surface area contributed by atoms with Gasteiger partial charge in [-0.25, -0.2) is 9.78 Å². The van der Waals surface area contributed by atoms with E-state index in [-0.39, 0.29) is 12.1 Å². The first-order valence-corrected chi connectivity index (χ1v) is 13.9. The normalized spacial score (nSPS) is 14.5. The largest absolute Gasteiger partial charge is 0.496 e. The molecule has 1 aliphatic heterocycles. The first-order valence-electron chi connectivity index (χ1n) is 13.9. The van der Waals surface area contributed by atoms with Crippen molar-refractivity contribution in [2.45, 2.75) is 45.1 Å². The third kappa shape index (κ3) is 6.94. The summed E-state index contributed by atoms with van der Waals surface area (Å²) in [4.78, 5) is 25.6. The second kappa shape index (κ2) is 12.7. The SMILES string of the molecule is COc1ccccc1CN(C(=O)Nc1ccccc1)C1CCN(Cc2nc(-c3ccc(C(F)(F)F)cc3)[nH]c2C)CC1. The molecule has 4 aromatic rings. The number of anilines is 1. The highest BCUT2D eigenvalue weighted by atomic mass is 19.4. The Morgan fingerprint density at radius 2 is 1.69 bits per heavy atom. The van der Waals surface area contributed by atoms with E-state index in [0.29, 0.717) is 24.5 Å². The number of carbonyl (C=O) groups excluding carboxylic acids is 1. The van der Waals surface area contributed by atoms with Crippen molar-refractivity contribution in [2.24, 2.45) is 0 Å². The van der Waals surface area contributed by atoms with E-state index in [9.17, 15) is 18.0 Å². The molecule has 3 aromatic carbocycles. The first kappa shape index (κ1) is 29.2. The molecule has 1 saturated heterocycles. The number of urea groups is 1. The number of piperidine rings is 1. The van der Waals surface area contributed by atoms with Crippen LogP contribution < -0.4 is 10.1 Å². The van der Waals surface area contributed by atoms with Crippen LogP contribution in [0.5, 0.6) is 5.75 Å². The molecule has 2 heterocycles. The number of methoxy groups -OCH3 is 1. The Morgan fingerprint density at radius 1 is 1.02 bits per heavy atom. The van der Waals surface area contributed by atoms with E-state index in [4.69, 9.17) is 9.72 Å². The standard InChI is InChI=1S/C32H34F3N5O2/c1-22-28(38-30(36-22)23-12-14-25(15-13-23)32(33,34)35)21-39-18-16-27(17-19-39)40(20-24-8-6-7-11-29(24)42-2)31(41)37-26-9-4-3-5-10-26/h3-15,27H,16-21H2,1-2H3,(H,36,38)(H,37,41). The minimum atomic E-state index is -4.38. The van der Waals surface area contributed by atoms with Gasteiger partial charge in [0, 0.05) is 48.2 Å². The van der Waals surface area contributed by atoms with Gasteiger partial charge in [0.2, 0.25) is 0 Å². The molecule has 0 atom stereocenters. The summed E-state index contributed by atoms with van der Waals surface area (Å²) in [6.45, 7) is 4.49. The number of halogens is 3. The van der Waals surface area contributed by atoms with E-state index < -0.39 is 11.7 Å². The van der Waals surface area contributed by atoms with Gasteiger partial charge < -0.3 is 19.9 Å². The molecule has 0 bridgehead atoms. The molecule has 0 saturated carbocycles. The predicted molar refractivity (Wildman–Crippen MR) is 156 cm³/mol. The number of aromatic amines is 1. The van der Waals surface area contributed by atoms with Crippen LogP contribution in [-0.2, 0) is 19.3 Å². The Kier molecular flexibility index (Phi) is 8.82. The van der Waals surface area contributed by atoms with Gasteiger partial charge in [0.15, 0.2) is 0 Å². The number of imidazole rings is 1. The number of aromatic nitrogens is 2. The maximum Gasteiger partial charge on any atom is 0.416 e. The quantitative estimate of drug-likeness (QED) is 0.234. The van der Waals surface area contributed by atoms with Gasteiger partial charge in [-0.05, 0) is 50.1 Å². The van der Waals surface area contributed by atoms with Crippen LogP contribution in [0.15, 0.2) is 78.9 Å². The van der Waals surface area contributed by atoms with Gasteiger partial charge >= 0.3 is 12.2 Å². The molecule has 42 heavy (non-hydrogen) atoms. The third-order valence-electron chi connectivity index (χ3n) is 7.66. The summed E-state index contributed by atoms with van der Waals surface area (Å²) < 4.78 is 44.4. The lowest BCUT2D eigenvalue weighted by molar-refractivity contribution is -0.137. The van der Waals surface area contributed by atoms with Gasteiger partial charge in [-0.1, -0.05) is 48.5 Å². The van der Waals surface area contributed by atoms with Crippen molar-refractivity contribution in [1.82, 2.24) is 19.8 Å². The Morgan fingerprint density at radius 3 is 2.36 bits per heavy atom. The summed E-state index contributed by atoms with van der Waals surface area (Å²) >= 11 is 0. The van der Waals surface area contributed by atoms with Gasteiger partial charge in [0.05, 0.1) is 24.9 Å². The molecule has 7 nitrogen and oxygen atoms in total. The monoisotopic (exact) mass is 577 g/mol. The second-order valence-corrected chi connectivity index (χ2v) is 10.5. The number of carbonyl (C=O) groups is 1. The van der Waals surface area contributed by atoms with Crippen LogP contribution in [0.2, 0.25) is 0 Å². The van der Waals surface area contributed by atoms with Crippen molar-refractivity contribution in [3.05, 3.63) is 101 Å². The fourth-order valence-corrected chi connectivity index (χ4v) is 5.31. The smallest absolute Gasteiger partial charge is 0.416 e. The number of hydrogen-bond acceptors (Lipinski definition) is 4. The maximum absolute atomic E-state index is 13.5. The third-order valence-corrected chi connectivity index (χ3v) is 7.66. The number of benzene rings is 3. The lowest BCUT2D eigenvalue weighted by Crippen LogP contribution is -2.48. The minimum Gasteiger partial charge on any atom is -0.496 e. The molecule has 0 unspecified atom stereocenters. The van der Waals surface area contributed by atoms with Gasteiger partial charge in [0.25, 0.3) is 0 Å². The molecule has 1 aliphatic rings. The van der Waals surface area contributed by atoms with Crippen LogP contribution in [-0.4, -0.2) is 52.0 Å². The fourth-order valence-electron chi connectivity index (χ4n) is 5.31. The summed E-state index contributed by atoms with van der Waals surface area (Å²) in [7, 11) is 1.63.